The molecule has 1 aliphatic rings. The lowest BCUT2D eigenvalue weighted by Crippen LogP contribution is -2.30. The largest absolute Gasteiger partial charge is 0.497 e. The third-order valence-electron chi connectivity index (χ3n) is 5.01. The second-order valence-electron chi connectivity index (χ2n) is 6.84. The van der Waals surface area contributed by atoms with E-state index in [-0.39, 0.29) is 5.91 Å². The van der Waals surface area contributed by atoms with Gasteiger partial charge < -0.3 is 15.0 Å². The Morgan fingerprint density at radius 2 is 2.07 bits per heavy atom. The third kappa shape index (κ3) is 3.76. The molecule has 146 valence electrons. The summed E-state index contributed by atoms with van der Waals surface area (Å²) in [4.78, 5) is 23.5. The Kier molecular flexibility index (Phi) is 5.36. The summed E-state index contributed by atoms with van der Waals surface area (Å²) >= 11 is 0. The number of hydrogen-bond donors (Lipinski definition) is 1. The van der Waals surface area contributed by atoms with E-state index >= 15 is 0 Å². The minimum atomic E-state index is -0.140. The van der Waals surface area contributed by atoms with Crippen LogP contribution in [0.15, 0.2) is 36.8 Å². The predicted octanol–water partition coefficient (Wildman–Crippen LogP) is 2.26. The highest BCUT2D eigenvalue weighted by Gasteiger charge is 2.17. The van der Waals surface area contributed by atoms with Gasteiger partial charge in [-0.3, -0.25) is 4.79 Å². The molecule has 0 unspecified atom stereocenters. The second-order valence-corrected chi connectivity index (χ2v) is 6.84. The van der Waals surface area contributed by atoms with Crippen molar-refractivity contribution in [3.8, 4) is 5.75 Å². The average Bonchev–Trinajstić information content (AvgIpc) is 3.17. The Balaban J connectivity index is 1.43. The van der Waals surface area contributed by atoms with E-state index in [0.29, 0.717) is 24.4 Å². The number of hydrogen-bond acceptors (Lipinski definition) is 6. The summed E-state index contributed by atoms with van der Waals surface area (Å²) in [6.45, 7) is 3.04. The molecule has 0 atom stereocenters. The highest BCUT2D eigenvalue weighted by atomic mass is 16.5. The fourth-order valence-corrected chi connectivity index (χ4v) is 3.54. The van der Waals surface area contributed by atoms with Crippen LogP contribution in [0.2, 0.25) is 0 Å². The number of benzene rings is 1. The number of carbonyl (C=O) groups excluding carboxylic acids is 1. The van der Waals surface area contributed by atoms with Crippen LogP contribution in [0.4, 0.5) is 5.82 Å². The maximum Gasteiger partial charge on any atom is 0.251 e. The van der Waals surface area contributed by atoms with E-state index < -0.39 is 0 Å². The normalized spacial score (nSPS) is 14.2. The molecule has 4 rings (SSSR count). The number of methoxy groups -OCH3 is 1. The molecule has 3 aromatic rings. The van der Waals surface area contributed by atoms with Crippen molar-refractivity contribution in [3.05, 3.63) is 42.4 Å². The van der Waals surface area contributed by atoms with Crippen LogP contribution in [-0.4, -0.2) is 52.4 Å². The molecule has 3 heterocycles. The molecular weight excluding hydrogens is 356 g/mol. The predicted molar refractivity (Wildman–Crippen MR) is 107 cm³/mol. The molecule has 1 aromatic carbocycles. The van der Waals surface area contributed by atoms with Gasteiger partial charge in [0.2, 0.25) is 0 Å². The molecule has 28 heavy (non-hydrogen) atoms. The smallest absolute Gasteiger partial charge is 0.251 e. The van der Waals surface area contributed by atoms with Gasteiger partial charge in [0.15, 0.2) is 5.65 Å². The molecule has 0 radical (unpaired) electrons. The van der Waals surface area contributed by atoms with E-state index in [1.165, 1.54) is 19.3 Å². The van der Waals surface area contributed by atoms with Gasteiger partial charge in [-0.2, -0.15) is 5.10 Å². The second kappa shape index (κ2) is 8.24. The lowest BCUT2D eigenvalue weighted by atomic mass is 10.1. The number of amides is 1. The molecule has 2 aromatic heterocycles. The summed E-state index contributed by atoms with van der Waals surface area (Å²) in [5.74, 6) is 1.48. The number of rotatable bonds is 6. The fraction of sp³-hybridized carbons (Fsp3) is 0.400. The van der Waals surface area contributed by atoms with E-state index in [0.717, 1.165) is 29.9 Å². The lowest BCUT2D eigenvalue weighted by Gasteiger charge is -2.27. The number of aromatic nitrogens is 4. The molecule has 0 saturated carbocycles. The van der Waals surface area contributed by atoms with Crippen molar-refractivity contribution in [2.24, 2.45) is 0 Å². The lowest BCUT2D eigenvalue weighted by molar-refractivity contribution is 0.0951. The Morgan fingerprint density at radius 3 is 2.89 bits per heavy atom. The molecule has 0 spiro atoms. The van der Waals surface area contributed by atoms with Crippen molar-refractivity contribution < 1.29 is 9.53 Å². The van der Waals surface area contributed by atoms with Gasteiger partial charge in [0.05, 0.1) is 25.2 Å². The fourth-order valence-electron chi connectivity index (χ4n) is 3.54. The number of nitrogens with one attached hydrogen (secondary N) is 1. The van der Waals surface area contributed by atoms with E-state index in [1.54, 1.807) is 31.6 Å². The van der Waals surface area contributed by atoms with E-state index in [1.807, 2.05) is 16.9 Å². The summed E-state index contributed by atoms with van der Waals surface area (Å²) in [5.41, 5.74) is 1.37. The quantitative estimate of drug-likeness (QED) is 0.706. The summed E-state index contributed by atoms with van der Waals surface area (Å²) in [5, 5.41) is 8.35. The molecule has 8 nitrogen and oxygen atoms in total. The Hall–Kier alpha value is -3.16. The number of piperidine rings is 1. The SMILES string of the molecule is COc1cccc(C(=O)NCCn2ncc3c(N4CCCCC4)ncnc32)c1. The van der Waals surface area contributed by atoms with Crippen LogP contribution in [0, 0.1) is 0 Å². The first-order chi connectivity index (χ1) is 13.8. The molecule has 0 aliphatic carbocycles. The van der Waals surface area contributed by atoms with Crippen molar-refractivity contribution in [2.45, 2.75) is 25.8 Å². The molecule has 8 heteroatoms. The highest BCUT2D eigenvalue weighted by Crippen LogP contribution is 2.25. The zero-order valence-corrected chi connectivity index (χ0v) is 16.0. The van der Waals surface area contributed by atoms with Gasteiger partial charge in [0.25, 0.3) is 5.91 Å². The maximum atomic E-state index is 12.3. The maximum absolute atomic E-state index is 12.3. The Morgan fingerprint density at radius 1 is 1.21 bits per heavy atom. The van der Waals surface area contributed by atoms with Gasteiger partial charge in [-0.1, -0.05) is 6.07 Å². The molecule has 0 bridgehead atoms. The van der Waals surface area contributed by atoms with Crippen LogP contribution in [-0.2, 0) is 6.54 Å². The van der Waals surface area contributed by atoms with Crippen molar-refractivity contribution in [1.82, 2.24) is 25.1 Å². The van der Waals surface area contributed by atoms with Gasteiger partial charge in [0, 0.05) is 25.2 Å². The van der Waals surface area contributed by atoms with E-state index in [4.69, 9.17) is 4.74 Å². The number of nitrogens with zero attached hydrogens (tertiary/aromatic N) is 5. The summed E-state index contributed by atoms with van der Waals surface area (Å²) in [6.07, 6.45) is 7.07. The monoisotopic (exact) mass is 380 g/mol. The summed E-state index contributed by atoms with van der Waals surface area (Å²) in [7, 11) is 1.58. The van der Waals surface area contributed by atoms with Crippen molar-refractivity contribution in [2.75, 3.05) is 31.6 Å². The molecule has 1 N–H and O–H groups in total. The molecular formula is C20H24N6O2. The minimum Gasteiger partial charge on any atom is -0.497 e. The van der Waals surface area contributed by atoms with Crippen LogP contribution >= 0.6 is 0 Å². The number of ether oxygens (including phenoxy) is 1. The number of fused-ring (bicyclic) bond motifs is 1. The number of carbonyl (C=O) groups is 1. The summed E-state index contributed by atoms with van der Waals surface area (Å²) in [6, 6.07) is 7.09. The number of anilines is 1. The average molecular weight is 380 g/mol. The van der Waals surface area contributed by atoms with Crippen LogP contribution in [0.5, 0.6) is 5.75 Å². The first-order valence-corrected chi connectivity index (χ1v) is 9.60. The van der Waals surface area contributed by atoms with Gasteiger partial charge in [-0.05, 0) is 37.5 Å². The van der Waals surface area contributed by atoms with Gasteiger partial charge in [0.1, 0.15) is 17.9 Å². The van der Waals surface area contributed by atoms with Crippen LogP contribution in [0.25, 0.3) is 11.0 Å². The first kappa shape index (κ1) is 18.2. The van der Waals surface area contributed by atoms with E-state index in [2.05, 4.69) is 25.3 Å². The molecule has 1 saturated heterocycles. The summed E-state index contributed by atoms with van der Waals surface area (Å²) < 4.78 is 6.98. The zero-order chi connectivity index (χ0) is 19.3. The molecule has 1 fully saturated rings. The zero-order valence-electron chi connectivity index (χ0n) is 16.0. The van der Waals surface area contributed by atoms with Gasteiger partial charge in [-0.15, -0.1) is 0 Å². The minimum absolute atomic E-state index is 0.140. The van der Waals surface area contributed by atoms with Crippen molar-refractivity contribution in [1.29, 1.82) is 0 Å². The first-order valence-electron chi connectivity index (χ1n) is 9.60. The standard InChI is InChI=1S/C20H24N6O2/c1-28-16-7-5-6-15(12-16)20(27)21-8-11-26-19-17(13-24-26)18(22-14-23-19)25-9-3-2-4-10-25/h5-7,12-14H,2-4,8-11H2,1H3,(H,21,27). The topological polar surface area (TPSA) is 85.2 Å². The Labute approximate surface area is 163 Å². The highest BCUT2D eigenvalue weighted by molar-refractivity contribution is 5.94. The third-order valence-corrected chi connectivity index (χ3v) is 5.01. The van der Waals surface area contributed by atoms with Gasteiger partial charge in [-0.25, -0.2) is 14.6 Å². The molecule has 1 amide bonds. The Bertz CT molecular complexity index is 964. The van der Waals surface area contributed by atoms with Gasteiger partial charge >= 0.3 is 0 Å². The van der Waals surface area contributed by atoms with E-state index in [9.17, 15) is 4.79 Å². The van der Waals surface area contributed by atoms with Crippen LogP contribution < -0.4 is 15.0 Å². The van der Waals surface area contributed by atoms with Crippen LogP contribution in [0.3, 0.4) is 0 Å². The van der Waals surface area contributed by atoms with Crippen molar-refractivity contribution in [3.63, 3.8) is 0 Å². The van der Waals surface area contributed by atoms with Crippen LogP contribution in [0.1, 0.15) is 29.6 Å². The van der Waals surface area contributed by atoms with Crippen molar-refractivity contribution >= 4 is 22.8 Å². The molecule has 1 aliphatic heterocycles.